The number of quaternary nitrogens is 1. The third-order valence-corrected chi connectivity index (χ3v) is 3.56. The molecular weight excluding hydrogens is 138 g/mol. The van der Waals surface area contributed by atoms with Crippen LogP contribution < -0.4 is 5.73 Å². The summed E-state index contributed by atoms with van der Waals surface area (Å²) >= 11 is 0. The molecule has 0 aliphatic heterocycles. The van der Waals surface area contributed by atoms with Gasteiger partial charge in [-0.3, -0.25) is 0 Å². The van der Waals surface area contributed by atoms with Crippen molar-refractivity contribution in [3.8, 4) is 0 Å². The topological polar surface area (TPSA) is 47.9 Å². The van der Waals surface area contributed by atoms with Crippen LogP contribution in [0.4, 0.5) is 0 Å². The molecule has 0 amide bonds. The van der Waals surface area contributed by atoms with Crippen molar-refractivity contribution >= 4 is 0 Å². The molecule has 2 nitrogen and oxygen atoms in total. The first-order valence-electron chi connectivity index (χ1n) is 4.80. The molecule has 0 saturated heterocycles. The Morgan fingerprint density at radius 2 is 1.91 bits per heavy atom. The molecule has 4 atom stereocenters. The highest BCUT2D eigenvalue weighted by molar-refractivity contribution is 4.91. The second kappa shape index (κ2) is 2.76. The average Bonchev–Trinajstić information content (AvgIpc) is 2.30. The first-order valence-corrected chi connectivity index (χ1v) is 4.80. The molecule has 64 valence electrons. The van der Waals surface area contributed by atoms with E-state index in [4.69, 9.17) is 0 Å². The smallest absolute Gasteiger partial charge is 0.114 e. The maximum absolute atomic E-state index is 9.57. The van der Waals surface area contributed by atoms with E-state index in [1.807, 2.05) is 0 Å². The molecule has 2 heteroatoms. The quantitative estimate of drug-likeness (QED) is 0.516. The third-order valence-electron chi connectivity index (χ3n) is 3.56. The summed E-state index contributed by atoms with van der Waals surface area (Å²) in [6, 6.07) is 0.334. The Morgan fingerprint density at radius 1 is 1.18 bits per heavy atom. The second-order valence-electron chi connectivity index (χ2n) is 4.18. The highest BCUT2D eigenvalue weighted by Crippen LogP contribution is 2.40. The largest absolute Gasteiger partial charge is 0.387 e. The highest BCUT2D eigenvalue weighted by atomic mass is 16.3. The van der Waals surface area contributed by atoms with Gasteiger partial charge < -0.3 is 10.8 Å². The molecule has 11 heavy (non-hydrogen) atoms. The summed E-state index contributed by atoms with van der Waals surface area (Å²) in [6.45, 7) is 0. The highest BCUT2D eigenvalue weighted by Gasteiger charge is 2.43. The van der Waals surface area contributed by atoms with E-state index in [2.05, 4.69) is 5.73 Å². The Hall–Kier alpha value is -0.0800. The minimum Gasteiger partial charge on any atom is -0.387 e. The van der Waals surface area contributed by atoms with Gasteiger partial charge in [-0.2, -0.15) is 0 Å². The predicted molar refractivity (Wildman–Crippen MR) is 42.7 cm³/mol. The number of hydrogen-bond acceptors (Lipinski definition) is 1. The SMILES string of the molecule is [NH3+]C1C(O)CC2CCCCC21. The fourth-order valence-corrected chi connectivity index (χ4v) is 2.86. The van der Waals surface area contributed by atoms with E-state index < -0.39 is 0 Å². The predicted octanol–water partition coefficient (Wildman–Crippen LogP) is 0.168. The second-order valence-corrected chi connectivity index (χ2v) is 4.18. The summed E-state index contributed by atoms with van der Waals surface area (Å²) < 4.78 is 0. The monoisotopic (exact) mass is 156 g/mol. The summed E-state index contributed by atoms with van der Waals surface area (Å²) in [7, 11) is 0. The lowest BCUT2D eigenvalue weighted by molar-refractivity contribution is -0.444. The Kier molecular flexibility index (Phi) is 1.90. The molecule has 0 aromatic rings. The third kappa shape index (κ3) is 1.18. The minimum absolute atomic E-state index is 0.0944. The van der Waals surface area contributed by atoms with Crippen LogP contribution in [0, 0.1) is 11.8 Å². The Balaban J connectivity index is 2.05. The number of aliphatic hydroxyl groups excluding tert-OH is 1. The van der Waals surface area contributed by atoms with Crippen LogP contribution >= 0.6 is 0 Å². The van der Waals surface area contributed by atoms with Gasteiger partial charge in [0, 0.05) is 5.92 Å². The summed E-state index contributed by atoms with van der Waals surface area (Å²) in [5.74, 6) is 1.56. The molecule has 0 aromatic carbocycles. The van der Waals surface area contributed by atoms with E-state index in [-0.39, 0.29) is 6.10 Å². The molecular formula is C9H18NO+. The van der Waals surface area contributed by atoms with Crippen molar-refractivity contribution in [1.82, 2.24) is 0 Å². The van der Waals surface area contributed by atoms with Crippen molar-refractivity contribution in [1.29, 1.82) is 0 Å². The van der Waals surface area contributed by atoms with Gasteiger partial charge in [-0.15, -0.1) is 0 Å². The minimum atomic E-state index is -0.0944. The molecule has 2 saturated carbocycles. The lowest BCUT2D eigenvalue weighted by atomic mass is 9.80. The number of fused-ring (bicyclic) bond motifs is 1. The van der Waals surface area contributed by atoms with Crippen LogP contribution in [-0.4, -0.2) is 17.3 Å². The molecule has 2 aliphatic rings. The van der Waals surface area contributed by atoms with Crippen LogP contribution in [0.5, 0.6) is 0 Å². The lowest BCUT2D eigenvalue weighted by Crippen LogP contribution is -2.67. The maximum atomic E-state index is 9.57. The lowest BCUT2D eigenvalue weighted by Gasteiger charge is -2.25. The molecule has 4 unspecified atom stereocenters. The van der Waals surface area contributed by atoms with Crippen LogP contribution in [-0.2, 0) is 0 Å². The van der Waals surface area contributed by atoms with Gasteiger partial charge in [-0.05, 0) is 25.2 Å². The van der Waals surface area contributed by atoms with Gasteiger partial charge in [-0.25, -0.2) is 0 Å². The summed E-state index contributed by atoms with van der Waals surface area (Å²) in [6.07, 6.45) is 6.33. The van der Waals surface area contributed by atoms with Crippen molar-refractivity contribution in [3.05, 3.63) is 0 Å². The van der Waals surface area contributed by atoms with Crippen LogP contribution in [0.15, 0.2) is 0 Å². The number of aliphatic hydroxyl groups is 1. The van der Waals surface area contributed by atoms with Crippen LogP contribution in [0.1, 0.15) is 32.1 Å². The zero-order valence-electron chi connectivity index (χ0n) is 7.00. The molecule has 0 heterocycles. The first kappa shape index (κ1) is 7.56. The maximum Gasteiger partial charge on any atom is 0.114 e. The van der Waals surface area contributed by atoms with E-state index in [9.17, 15) is 5.11 Å². The standard InChI is InChI=1S/C9H17NO/c10-9-7-4-2-1-3-6(7)5-8(9)11/h6-9,11H,1-5,10H2/p+1. The zero-order valence-corrected chi connectivity index (χ0v) is 7.00. The van der Waals surface area contributed by atoms with Crippen molar-refractivity contribution in [2.24, 2.45) is 11.8 Å². The molecule has 0 aromatic heterocycles. The van der Waals surface area contributed by atoms with Gasteiger partial charge >= 0.3 is 0 Å². The van der Waals surface area contributed by atoms with Gasteiger partial charge in [0.2, 0.25) is 0 Å². The van der Waals surface area contributed by atoms with E-state index in [1.54, 1.807) is 0 Å². The van der Waals surface area contributed by atoms with Gasteiger partial charge in [0.05, 0.1) is 0 Å². The Labute approximate surface area is 67.8 Å². The van der Waals surface area contributed by atoms with E-state index in [0.717, 1.165) is 18.3 Å². The normalized spacial score (nSPS) is 50.7. The molecule has 0 radical (unpaired) electrons. The van der Waals surface area contributed by atoms with Gasteiger partial charge in [-0.1, -0.05) is 12.8 Å². The zero-order chi connectivity index (χ0) is 7.84. The van der Waals surface area contributed by atoms with Crippen molar-refractivity contribution in [2.45, 2.75) is 44.2 Å². The Morgan fingerprint density at radius 3 is 2.64 bits per heavy atom. The molecule has 0 spiro atoms. The van der Waals surface area contributed by atoms with E-state index >= 15 is 0 Å². The first-order chi connectivity index (χ1) is 5.29. The van der Waals surface area contributed by atoms with Gasteiger partial charge in [0.1, 0.15) is 12.1 Å². The van der Waals surface area contributed by atoms with E-state index in [1.165, 1.54) is 25.7 Å². The summed E-state index contributed by atoms with van der Waals surface area (Å²) in [4.78, 5) is 0. The summed E-state index contributed by atoms with van der Waals surface area (Å²) in [5.41, 5.74) is 4.05. The van der Waals surface area contributed by atoms with Crippen molar-refractivity contribution in [3.63, 3.8) is 0 Å². The average molecular weight is 156 g/mol. The van der Waals surface area contributed by atoms with Crippen molar-refractivity contribution < 1.29 is 10.8 Å². The summed E-state index contributed by atoms with van der Waals surface area (Å²) in [5, 5.41) is 9.57. The number of rotatable bonds is 0. The molecule has 2 rings (SSSR count). The fourth-order valence-electron chi connectivity index (χ4n) is 2.86. The van der Waals surface area contributed by atoms with Crippen LogP contribution in [0.3, 0.4) is 0 Å². The Bertz CT molecular complexity index is 148. The molecule has 2 fully saturated rings. The molecule has 2 aliphatic carbocycles. The fraction of sp³-hybridized carbons (Fsp3) is 1.00. The van der Waals surface area contributed by atoms with Crippen LogP contribution in [0.25, 0.3) is 0 Å². The number of hydrogen-bond donors (Lipinski definition) is 2. The van der Waals surface area contributed by atoms with Crippen molar-refractivity contribution in [2.75, 3.05) is 0 Å². The van der Waals surface area contributed by atoms with E-state index in [0.29, 0.717) is 6.04 Å². The van der Waals surface area contributed by atoms with Crippen LogP contribution in [0.2, 0.25) is 0 Å². The molecule has 4 N–H and O–H groups in total. The van der Waals surface area contributed by atoms with Gasteiger partial charge in [0.15, 0.2) is 0 Å². The molecule has 0 bridgehead atoms. The van der Waals surface area contributed by atoms with Gasteiger partial charge in [0.25, 0.3) is 0 Å².